The highest BCUT2D eigenvalue weighted by Gasteiger charge is 2.23. The van der Waals surface area contributed by atoms with E-state index in [2.05, 4.69) is 26.7 Å². The molecule has 3 aromatic rings. The van der Waals surface area contributed by atoms with Gasteiger partial charge in [0, 0.05) is 23.7 Å². The molecule has 0 amide bonds. The van der Waals surface area contributed by atoms with Gasteiger partial charge in [0.15, 0.2) is 0 Å². The number of carboxylic acids is 1. The van der Waals surface area contributed by atoms with Crippen LogP contribution in [0.15, 0.2) is 40.9 Å². The number of sulfonamides is 1. The van der Waals surface area contributed by atoms with Gasteiger partial charge in [-0.1, -0.05) is 5.16 Å². The number of benzene rings is 2. The summed E-state index contributed by atoms with van der Waals surface area (Å²) in [6.07, 6.45) is 4.26. The van der Waals surface area contributed by atoms with Crippen molar-refractivity contribution in [2.24, 2.45) is 0 Å². The van der Waals surface area contributed by atoms with Crippen molar-refractivity contribution in [3.63, 3.8) is 0 Å². The average Bonchev–Trinajstić information content (AvgIpc) is 3.23. The SMILES string of the molecule is CC1CCCCN1c1ccc(-c2nc(-c3ccc(C(=O)O)c(F)c3)no2)cc1NS(C)(=O)=O. The highest BCUT2D eigenvalue weighted by molar-refractivity contribution is 7.92. The molecule has 2 aromatic carbocycles. The van der Waals surface area contributed by atoms with E-state index in [1.54, 1.807) is 12.1 Å². The highest BCUT2D eigenvalue weighted by atomic mass is 32.2. The molecule has 1 atom stereocenters. The third-order valence-electron chi connectivity index (χ3n) is 5.53. The Bertz CT molecular complexity index is 1310. The number of aromatic nitrogens is 2. The minimum Gasteiger partial charge on any atom is -0.478 e. The molecule has 0 aliphatic carbocycles. The van der Waals surface area contributed by atoms with Crippen LogP contribution in [0.1, 0.15) is 36.5 Å². The van der Waals surface area contributed by atoms with E-state index in [4.69, 9.17) is 9.63 Å². The minimum atomic E-state index is -3.54. The fourth-order valence-electron chi connectivity index (χ4n) is 3.94. The van der Waals surface area contributed by atoms with Crippen LogP contribution in [-0.4, -0.2) is 48.5 Å². The molecule has 11 heteroatoms. The molecule has 4 rings (SSSR count). The van der Waals surface area contributed by atoms with Crippen LogP contribution in [0, 0.1) is 5.82 Å². The molecule has 1 aromatic heterocycles. The normalized spacial score (nSPS) is 16.6. The molecule has 0 radical (unpaired) electrons. The second kappa shape index (κ2) is 8.81. The molecular formula is C22H23FN4O5S. The Hall–Kier alpha value is -3.47. The second-order valence-corrected chi connectivity index (χ2v) is 9.82. The summed E-state index contributed by atoms with van der Waals surface area (Å²) in [6, 6.07) is 9.01. The van der Waals surface area contributed by atoms with E-state index in [1.165, 1.54) is 6.07 Å². The summed E-state index contributed by atoms with van der Waals surface area (Å²) in [5.41, 5.74) is 1.45. The number of anilines is 2. The quantitative estimate of drug-likeness (QED) is 0.549. The molecule has 9 nitrogen and oxygen atoms in total. The van der Waals surface area contributed by atoms with Crippen LogP contribution in [0.25, 0.3) is 22.8 Å². The first kappa shape index (κ1) is 22.7. The lowest BCUT2D eigenvalue weighted by Crippen LogP contribution is -2.38. The Morgan fingerprint density at radius 1 is 1.21 bits per heavy atom. The number of carbonyl (C=O) groups is 1. The maximum atomic E-state index is 14.0. The van der Waals surface area contributed by atoms with Gasteiger partial charge >= 0.3 is 5.97 Å². The third-order valence-corrected chi connectivity index (χ3v) is 6.13. The van der Waals surface area contributed by atoms with Crippen molar-refractivity contribution in [2.45, 2.75) is 32.2 Å². The van der Waals surface area contributed by atoms with Crippen LogP contribution >= 0.6 is 0 Å². The molecule has 0 saturated carbocycles. The summed E-state index contributed by atoms with van der Waals surface area (Å²) in [7, 11) is -3.54. The molecule has 1 aliphatic heterocycles. The summed E-state index contributed by atoms with van der Waals surface area (Å²) in [4.78, 5) is 17.5. The van der Waals surface area contributed by atoms with Gasteiger partial charge in [-0.2, -0.15) is 4.98 Å². The average molecular weight is 475 g/mol. The van der Waals surface area contributed by atoms with E-state index in [0.717, 1.165) is 49.9 Å². The van der Waals surface area contributed by atoms with Crippen molar-refractivity contribution >= 4 is 27.4 Å². The first-order valence-corrected chi connectivity index (χ1v) is 12.3. The maximum Gasteiger partial charge on any atom is 0.338 e. The summed E-state index contributed by atoms with van der Waals surface area (Å²) in [5.74, 6) is -2.09. The molecule has 1 fully saturated rings. The predicted octanol–water partition coefficient (Wildman–Crippen LogP) is 3.99. The summed E-state index contributed by atoms with van der Waals surface area (Å²) < 4.78 is 45.9. The van der Waals surface area contributed by atoms with Crippen LogP contribution < -0.4 is 9.62 Å². The van der Waals surface area contributed by atoms with Gasteiger partial charge in [0.25, 0.3) is 5.89 Å². The Morgan fingerprint density at radius 3 is 2.64 bits per heavy atom. The Kier molecular flexibility index (Phi) is 6.07. The van der Waals surface area contributed by atoms with E-state index in [1.807, 2.05) is 6.07 Å². The van der Waals surface area contributed by atoms with Crippen molar-refractivity contribution in [3.8, 4) is 22.8 Å². The molecular weight excluding hydrogens is 451 g/mol. The van der Waals surface area contributed by atoms with Gasteiger partial charge in [-0.25, -0.2) is 17.6 Å². The van der Waals surface area contributed by atoms with Crippen molar-refractivity contribution in [3.05, 3.63) is 47.8 Å². The summed E-state index contributed by atoms with van der Waals surface area (Å²) in [6.45, 7) is 2.93. The lowest BCUT2D eigenvalue weighted by molar-refractivity contribution is 0.0692. The van der Waals surface area contributed by atoms with E-state index in [-0.39, 0.29) is 23.3 Å². The summed E-state index contributed by atoms with van der Waals surface area (Å²) >= 11 is 0. The van der Waals surface area contributed by atoms with Gasteiger partial charge in [0.05, 0.1) is 23.2 Å². The molecule has 1 unspecified atom stereocenters. The van der Waals surface area contributed by atoms with Crippen LogP contribution in [0.2, 0.25) is 0 Å². The van der Waals surface area contributed by atoms with Crippen molar-refractivity contribution in [1.82, 2.24) is 10.1 Å². The number of halogens is 1. The Balaban J connectivity index is 1.70. The zero-order valence-electron chi connectivity index (χ0n) is 18.1. The number of nitrogens with one attached hydrogen (secondary N) is 1. The molecule has 0 spiro atoms. The van der Waals surface area contributed by atoms with Crippen LogP contribution in [0.3, 0.4) is 0 Å². The van der Waals surface area contributed by atoms with Gasteiger partial charge < -0.3 is 14.5 Å². The monoisotopic (exact) mass is 474 g/mol. The van der Waals surface area contributed by atoms with Gasteiger partial charge in [-0.15, -0.1) is 0 Å². The first-order chi connectivity index (χ1) is 15.6. The predicted molar refractivity (Wildman–Crippen MR) is 121 cm³/mol. The van der Waals surface area contributed by atoms with Crippen molar-refractivity contribution in [1.29, 1.82) is 0 Å². The number of piperidine rings is 1. The Morgan fingerprint density at radius 2 is 1.97 bits per heavy atom. The van der Waals surface area contributed by atoms with Crippen molar-refractivity contribution < 1.29 is 27.2 Å². The van der Waals surface area contributed by atoms with Crippen LogP contribution in [0.4, 0.5) is 15.8 Å². The van der Waals surface area contributed by atoms with Crippen LogP contribution in [0.5, 0.6) is 0 Å². The second-order valence-electron chi connectivity index (χ2n) is 8.07. The lowest BCUT2D eigenvalue weighted by atomic mass is 10.0. The molecule has 2 N–H and O–H groups in total. The molecule has 1 saturated heterocycles. The van der Waals surface area contributed by atoms with E-state index >= 15 is 0 Å². The highest BCUT2D eigenvalue weighted by Crippen LogP contribution is 2.35. The molecule has 0 bridgehead atoms. The molecule has 1 aliphatic rings. The van der Waals surface area contributed by atoms with Gasteiger partial charge in [0.2, 0.25) is 15.8 Å². The van der Waals surface area contributed by atoms with E-state index in [0.29, 0.717) is 11.3 Å². The number of carboxylic acid groups (broad SMARTS) is 1. The van der Waals surface area contributed by atoms with Gasteiger partial charge in [-0.05, 0) is 62.6 Å². The van der Waals surface area contributed by atoms with Crippen LogP contribution in [-0.2, 0) is 10.0 Å². The first-order valence-electron chi connectivity index (χ1n) is 10.4. The topological polar surface area (TPSA) is 126 Å². The lowest BCUT2D eigenvalue weighted by Gasteiger charge is -2.36. The molecule has 2 heterocycles. The van der Waals surface area contributed by atoms with E-state index < -0.39 is 27.4 Å². The zero-order valence-corrected chi connectivity index (χ0v) is 18.9. The Labute approximate surface area is 190 Å². The van der Waals surface area contributed by atoms with Gasteiger partial charge in [-0.3, -0.25) is 4.72 Å². The standard InChI is InChI=1S/C22H23FN4O5S/c1-13-5-3-4-10-27(13)19-9-7-15(12-18(19)26-33(2,30)31)21-24-20(25-32-21)14-6-8-16(22(28)29)17(23)11-14/h6-9,11-13,26H,3-5,10H2,1-2H3,(H,28,29). The number of nitrogens with zero attached hydrogens (tertiary/aromatic N) is 3. The smallest absolute Gasteiger partial charge is 0.338 e. The van der Waals surface area contributed by atoms with Crippen molar-refractivity contribution in [2.75, 3.05) is 22.4 Å². The molecule has 33 heavy (non-hydrogen) atoms. The summed E-state index contributed by atoms with van der Waals surface area (Å²) in [5, 5.41) is 12.8. The minimum absolute atomic E-state index is 0.0761. The molecule has 174 valence electrons. The number of aromatic carboxylic acids is 1. The third kappa shape index (κ3) is 4.98. The maximum absolute atomic E-state index is 14.0. The zero-order chi connectivity index (χ0) is 23.8. The largest absolute Gasteiger partial charge is 0.478 e. The number of rotatable bonds is 6. The van der Waals surface area contributed by atoms with E-state index in [9.17, 15) is 17.6 Å². The number of hydrogen-bond acceptors (Lipinski definition) is 7. The van der Waals surface area contributed by atoms with Gasteiger partial charge in [0.1, 0.15) is 5.82 Å². The number of hydrogen-bond donors (Lipinski definition) is 2. The fraction of sp³-hybridized carbons (Fsp3) is 0.318. The fourth-order valence-corrected chi connectivity index (χ4v) is 4.51.